The molecule has 6 nitrogen and oxygen atoms in total. The summed E-state index contributed by atoms with van der Waals surface area (Å²) in [5, 5.41) is 13.4. The fraction of sp³-hybridized carbons (Fsp3) is 0.533. The summed E-state index contributed by atoms with van der Waals surface area (Å²) in [5.74, 6) is -0.0653. The Labute approximate surface area is 124 Å². The Morgan fingerprint density at radius 3 is 2.24 bits per heavy atom. The van der Waals surface area contributed by atoms with Gasteiger partial charge in [-0.05, 0) is 38.1 Å². The van der Waals surface area contributed by atoms with Crippen molar-refractivity contribution in [2.75, 3.05) is 25.0 Å². The highest BCUT2D eigenvalue weighted by Crippen LogP contribution is 2.15. The molecule has 0 aliphatic carbocycles. The number of benzene rings is 1. The van der Waals surface area contributed by atoms with E-state index in [1.54, 1.807) is 12.1 Å². The third-order valence-corrected chi connectivity index (χ3v) is 3.68. The number of nitrogens with zero attached hydrogens (tertiary/aromatic N) is 2. The highest BCUT2D eigenvalue weighted by molar-refractivity contribution is 5.92. The second-order valence-electron chi connectivity index (χ2n) is 5.40. The zero-order valence-electron chi connectivity index (χ0n) is 12.1. The van der Waals surface area contributed by atoms with Crippen LogP contribution in [0.25, 0.3) is 0 Å². The number of non-ortho nitro benzene ring substituents is 1. The predicted molar refractivity (Wildman–Crippen MR) is 81.3 cm³/mol. The van der Waals surface area contributed by atoms with E-state index in [0.29, 0.717) is 12.2 Å². The van der Waals surface area contributed by atoms with Gasteiger partial charge in [-0.25, -0.2) is 0 Å². The first kappa shape index (κ1) is 15.4. The second-order valence-corrected chi connectivity index (χ2v) is 5.40. The van der Waals surface area contributed by atoms with Crippen LogP contribution in [0.3, 0.4) is 0 Å². The number of hydrogen-bond donors (Lipinski definition) is 1. The largest absolute Gasteiger partial charge is 0.325 e. The van der Waals surface area contributed by atoms with Crippen LogP contribution in [-0.2, 0) is 4.79 Å². The highest BCUT2D eigenvalue weighted by Gasteiger charge is 2.13. The van der Waals surface area contributed by atoms with Crippen LogP contribution in [0.4, 0.5) is 11.4 Å². The number of nitro groups is 1. The zero-order chi connectivity index (χ0) is 15.1. The molecule has 0 atom stereocenters. The normalized spacial score (nSPS) is 16.8. The SMILES string of the molecule is O=C(CN1CCCCCCC1)Nc1ccc([N+](=O)[O-])cc1. The number of nitro benzene ring substituents is 1. The summed E-state index contributed by atoms with van der Waals surface area (Å²) in [5.41, 5.74) is 0.620. The second kappa shape index (κ2) is 7.73. The predicted octanol–water partition coefficient (Wildman–Crippen LogP) is 2.80. The Balaban J connectivity index is 1.84. The van der Waals surface area contributed by atoms with Crippen LogP contribution in [0.5, 0.6) is 0 Å². The summed E-state index contributed by atoms with van der Waals surface area (Å²) in [7, 11) is 0. The first-order chi connectivity index (χ1) is 10.1. The van der Waals surface area contributed by atoms with Gasteiger partial charge >= 0.3 is 0 Å². The summed E-state index contributed by atoms with van der Waals surface area (Å²) in [4.78, 5) is 24.3. The van der Waals surface area contributed by atoms with Gasteiger partial charge in [0.25, 0.3) is 5.69 Å². The van der Waals surface area contributed by atoms with Crippen LogP contribution in [0, 0.1) is 10.1 Å². The minimum Gasteiger partial charge on any atom is -0.325 e. The molecule has 6 heteroatoms. The third-order valence-electron chi connectivity index (χ3n) is 3.68. The maximum atomic E-state index is 12.0. The molecule has 0 radical (unpaired) electrons. The molecule has 114 valence electrons. The van der Waals surface area contributed by atoms with Crippen LogP contribution in [0.2, 0.25) is 0 Å². The van der Waals surface area contributed by atoms with E-state index in [2.05, 4.69) is 10.2 Å². The van der Waals surface area contributed by atoms with Crippen molar-refractivity contribution in [3.8, 4) is 0 Å². The summed E-state index contributed by atoms with van der Waals surface area (Å²) < 4.78 is 0. The zero-order valence-corrected chi connectivity index (χ0v) is 12.1. The number of anilines is 1. The first-order valence-electron chi connectivity index (χ1n) is 7.42. The molecule has 21 heavy (non-hydrogen) atoms. The van der Waals surface area contributed by atoms with Gasteiger partial charge in [0.2, 0.25) is 5.91 Å². The summed E-state index contributed by atoms with van der Waals surface area (Å²) in [6.07, 6.45) is 6.05. The van der Waals surface area contributed by atoms with Gasteiger partial charge in [-0.1, -0.05) is 19.3 Å². The quantitative estimate of drug-likeness (QED) is 0.683. The lowest BCUT2D eigenvalue weighted by molar-refractivity contribution is -0.384. The van der Waals surface area contributed by atoms with E-state index >= 15 is 0 Å². The van der Waals surface area contributed by atoms with Crippen LogP contribution in [-0.4, -0.2) is 35.4 Å². The summed E-state index contributed by atoms with van der Waals surface area (Å²) in [6.45, 7) is 2.32. The van der Waals surface area contributed by atoms with Gasteiger partial charge in [-0.3, -0.25) is 19.8 Å². The van der Waals surface area contributed by atoms with Crippen molar-refractivity contribution in [1.82, 2.24) is 4.90 Å². The minimum absolute atomic E-state index is 0.0248. The van der Waals surface area contributed by atoms with E-state index in [1.807, 2.05) is 0 Å². The van der Waals surface area contributed by atoms with E-state index in [0.717, 1.165) is 25.9 Å². The molecule has 2 rings (SSSR count). The van der Waals surface area contributed by atoms with Crippen molar-refractivity contribution in [2.24, 2.45) is 0 Å². The van der Waals surface area contributed by atoms with Gasteiger partial charge in [0.15, 0.2) is 0 Å². The lowest BCUT2D eigenvalue weighted by Crippen LogP contribution is -2.35. The number of amides is 1. The Kier molecular flexibility index (Phi) is 5.68. The highest BCUT2D eigenvalue weighted by atomic mass is 16.6. The molecule has 1 heterocycles. The van der Waals surface area contributed by atoms with Gasteiger partial charge in [-0.15, -0.1) is 0 Å². The van der Waals surface area contributed by atoms with E-state index in [1.165, 1.54) is 31.4 Å². The fourth-order valence-corrected chi connectivity index (χ4v) is 2.54. The Morgan fingerprint density at radius 1 is 1.10 bits per heavy atom. The Hall–Kier alpha value is -1.95. The van der Waals surface area contributed by atoms with Crippen molar-refractivity contribution in [1.29, 1.82) is 0 Å². The molecule has 1 N–H and O–H groups in total. The van der Waals surface area contributed by atoms with E-state index in [-0.39, 0.29) is 11.6 Å². The monoisotopic (exact) mass is 291 g/mol. The average Bonchev–Trinajstić information content (AvgIpc) is 2.42. The van der Waals surface area contributed by atoms with Crippen LogP contribution >= 0.6 is 0 Å². The van der Waals surface area contributed by atoms with Crippen molar-refractivity contribution < 1.29 is 9.72 Å². The molecule has 1 aliphatic heterocycles. The molecular formula is C15H21N3O3. The van der Waals surface area contributed by atoms with Crippen LogP contribution in [0.1, 0.15) is 32.1 Å². The number of hydrogen-bond acceptors (Lipinski definition) is 4. The van der Waals surface area contributed by atoms with Crippen molar-refractivity contribution in [3.63, 3.8) is 0 Å². The van der Waals surface area contributed by atoms with Crippen LogP contribution < -0.4 is 5.32 Å². The standard InChI is InChI=1S/C15H21N3O3/c19-15(12-17-10-4-2-1-3-5-11-17)16-13-6-8-14(9-7-13)18(20)21/h6-9H,1-5,10-12H2,(H,16,19). The molecule has 0 saturated carbocycles. The summed E-state index contributed by atoms with van der Waals surface area (Å²) >= 11 is 0. The lowest BCUT2D eigenvalue weighted by Gasteiger charge is -2.23. The average molecular weight is 291 g/mol. The van der Waals surface area contributed by atoms with E-state index < -0.39 is 4.92 Å². The van der Waals surface area contributed by atoms with E-state index in [9.17, 15) is 14.9 Å². The molecule has 0 spiro atoms. The minimum atomic E-state index is -0.453. The van der Waals surface area contributed by atoms with E-state index in [4.69, 9.17) is 0 Å². The number of nitrogens with one attached hydrogen (secondary N) is 1. The Bertz CT molecular complexity index is 479. The summed E-state index contributed by atoms with van der Waals surface area (Å²) in [6, 6.07) is 5.91. The lowest BCUT2D eigenvalue weighted by atomic mass is 10.1. The Morgan fingerprint density at radius 2 is 1.67 bits per heavy atom. The smallest absolute Gasteiger partial charge is 0.269 e. The van der Waals surface area contributed by atoms with Gasteiger partial charge in [-0.2, -0.15) is 0 Å². The van der Waals surface area contributed by atoms with Crippen molar-refractivity contribution >= 4 is 17.3 Å². The van der Waals surface area contributed by atoms with Crippen molar-refractivity contribution in [2.45, 2.75) is 32.1 Å². The fourth-order valence-electron chi connectivity index (χ4n) is 2.54. The first-order valence-corrected chi connectivity index (χ1v) is 7.42. The van der Waals surface area contributed by atoms with Crippen molar-refractivity contribution in [3.05, 3.63) is 34.4 Å². The molecule has 1 aromatic carbocycles. The molecule has 0 aromatic heterocycles. The van der Waals surface area contributed by atoms with Gasteiger partial charge in [0.05, 0.1) is 11.5 Å². The van der Waals surface area contributed by atoms with Crippen LogP contribution in [0.15, 0.2) is 24.3 Å². The number of rotatable bonds is 4. The maximum Gasteiger partial charge on any atom is 0.269 e. The number of carbonyl (C=O) groups is 1. The van der Waals surface area contributed by atoms with Gasteiger partial charge in [0.1, 0.15) is 0 Å². The van der Waals surface area contributed by atoms with Gasteiger partial charge < -0.3 is 5.32 Å². The molecule has 1 fully saturated rings. The van der Waals surface area contributed by atoms with Gasteiger partial charge in [0, 0.05) is 17.8 Å². The molecule has 0 unspecified atom stereocenters. The maximum absolute atomic E-state index is 12.0. The molecular weight excluding hydrogens is 270 g/mol. The number of likely N-dealkylation sites (tertiary alicyclic amines) is 1. The molecule has 1 amide bonds. The molecule has 1 saturated heterocycles. The molecule has 1 aliphatic rings. The molecule has 0 bridgehead atoms. The number of carbonyl (C=O) groups excluding carboxylic acids is 1. The third kappa shape index (κ3) is 5.15. The topological polar surface area (TPSA) is 75.5 Å². The molecule has 1 aromatic rings.